The first-order valence-corrected chi connectivity index (χ1v) is 5.35. The van der Waals surface area contributed by atoms with Crippen LogP contribution < -0.4 is 11.1 Å². The summed E-state index contributed by atoms with van der Waals surface area (Å²) in [6, 6.07) is -1.40. The Morgan fingerprint density at radius 1 is 1.20 bits per heavy atom. The smallest absolute Gasteiger partial charge is 0.303 e. The molecule has 0 aliphatic rings. The van der Waals surface area contributed by atoms with Crippen molar-refractivity contribution in [3.05, 3.63) is 29.3 Å². The maximum absolute atomic E-state index is 13.2. The zero-order valence-corrected chi connectivity index (χ0v) is 9.92. The summed E-state index contributed by atoms with van der Waals surface area (Å²) in [5.41, 5.74) is 3.97. The van der Waals surface area contributed by atoms with Crippen molar-refractivity contribution in [2.24, 2.45) is 5.73 Å². The fourth-order valence-corrected chi connectivity index (χ4v) is 1.31. The number of benzene rings is 1. The zero-order valence-electron chi connectivity index (χ0n) is 9.92. The largest absolute Gasteiger partial charge is 0.481 e. The van der Waals surface area contributed by atoms with Gasteiger partial charge in [0.2, 0.25) is 5.91 Å². The second-order valence-corrected chi connectivity index (χ2v) is 3.87. The molecule has 0 fully saturated rings. The molecular weight excluding hydrogens is 284 g/mol. The third kappa shape index (κ3) is 3.67. The summed E-state index contributed by atoms with van der Waals surface area (Å²) in [5.74, 6) is -9.29. The summed E-state index contributed by atoms with van der Waals surface area (Å²) in [7, 11) is 0. The summed E-state index contributed by atoms with van der Waals surface area (Å²) < 4.78 is 52.3. The third-order valence-electron chi connectivity index (χ3n) is 2.37. The van der Waals surface area contributed by atoms with Gasteiger partial charge in [0.15, 0.2) is 23.3 Å². The Labute approximate surface area is 110 Å². The number of nitrogens with one attached hydrogen (secondary N) is 1. The van der Waals surface area contributed by atoms with Crippen LogP contribution in [0.1, 0.15) is 12.8 Å². The van der Waals surface area contributed by atoms with E-state index >= 15 is 0 Å². The molecule has 0 saturated heterocycles. The van der Waals surface area contributed by atoms with E-state index in [2.05, 4.69) is 0 Å². The van der Waals surface area contributed by atoms with E-state index in [9.17, 15) is 27.2 Å². The predicted octanol–water partition coefficient (Wildman–Crippen LogP) is 1.37. The Morgan fingerprint density at radius 2 is 1.70 bits per heavy atom. The van der Waals surface area contributed by atoms with Gasteiger partial charge in [-0.3, -0.25) is 9.59 Å². The van der Waals surface area contributed by atoms with Crippen LogP contribution in [-0.2, 0) is 9.59 Å². The molecule has 5 nitrogen and oxygen atoms in total. The van der Waals surface area contributed by atoms with Crippen molar-refractivity contribution >= 4 is 17.6 Å². The molecule has 1 rings (SSSR count). The topological polar surface area (TPSA) is 92.4 Å². The van der Waals surface area contributed by atoms with E-state index in [1.165, 1.54) is 0 Å². The van der Waals surface area contributed by atoms with E-state index in [-0.39, 0.29) is 12.5 Å². The van der Waals surface area contributed by atoms with Crippen LogP contribution in [-0.4, -0.2) is 23.0 Å². The van der Waals surface area contributed by atoms with Gasteiger partial charge in [0.25, 0.3) is 0 Å². The molecular formula is C11H10F4N2O3. The monoisotopic (exact) mass is 294 g/mol. The second-order valence-electron chi connectivity index (χ2n) is 3.87. The molecule has 0 spiro atoms. The molecule has 0 bridgehead atoms. The third-order valence-corrected chi connectivity index (χ3v) is 2.37. The lowest BCUT2D eigenvalue weighted by atomic mass is 10.1. The van der Waals surface area contributed by atoms with Crippen LogP contribution in [0.4, 0.5) is 23.2 Å². The summed E-state index contributed by atoms with van der Waals surface area (Å²) in [6.45, 7) is 0. The van der Waals surface area contributed by atoms with Gasteiger partial charge in [-0.25, -0.2) is 17.6 Å². The van der Waals surface area contributed by atoms with Crippen LogP contribution in [0.5, 0.6) is 0 Å². The lowest BCUT2D eigenvalue weighted by Gasteiger charge is -2.13. The van der Waals surface area contributed by atoms with Crippen LogP contribution in [0.2, 0.25) is 0 Å². The van der Waals surface area contributed by atoms with Crippen molar-refractivity contribution in [1.29, 1.82) is 0 Å². The summed E-state index contributed by atoms with van der Waals surface area (Å²) in [6.07, 6.45) is -0.751. The molecule has 20 heavy (non-hydrogen) atoms. The van der Waals surface area contributed by atoms with Gasteiger partial charge in [0, 0.05) is 12.5 Å². The lowest BCUT2D eigenvalue weighted by Crippen LogP contribution is -2.36. The fraction of sp³-hybridized carbons (Fsp3) is 0.273. The first kappa shape index (κ1) is 15.9. The maximum Gasteiger partial charge on any atom is 0.303 e. The first-order valence-electron chi connectivity index (χ1n) is 5.35. The van der Waals surface area contributed by atoms with Crippen molar-refractivity contribution in [2.75, 3.05) is 5.32 Å². The van der Waals surface area contributed by atoms with Crippen LogP contribution >= 0.6 is 0 Å². The molecule has 0 radical (unpaired) electrons. The van der Waals surface area contributed by atoms with Crippen molar-refractivity contribution in [1.82, 2.24) is 0 Å². The Balaban J connectivity index is 2.88. The molecule has 9 heteroatoms. The molecule has 1 aromatic carbocycles. The van der Waals surface area contributed by atoms with E-state index in [0.29, 0.717) is 0 Å². The molecule has 1 aromatic rings. The second kappa shape index (κ2) is 6.33. The zero-order chi connectivity index (χ0) is 15.4. The van der Waals surface area contributed by atoms with Gasteiger partial charge in [-0.2, -0.15) is 0 Å². The standard InChI is InChI=1S/C11H10F4N2O3/c12-4-3-5(13)9(15)10(8(4)14)17-11(20)6(16)1-2-7(18)19/h3,6H,1-2,16H2,(H,17,20)(H,18,19). The normalized spacial score (nSPS) is 12.1. The van der Waals surface area contributed by atoms with Crippen molar-refractivity contribution in [2.45, 2.75) is 18.9 Å². The number of carbonyl (C=O) groups excluding carboxylic acids is 1. The quantitative estimate of drug-likeness (QED) is 0.565. The highest BCUT2D eigenvalue weighted by atomic mass is 19.2. The Kier molecular flexibility index (Phi) is 5.03. The van der Waals surface area contributed by atoms with Gasteiger partial charge < -0.3 is 16.2 Å². The van der Waals surface area contributed by atoms with Crippen molar-refractivity contribution < 1.29 is 32.3 Å². The highest BCUT2D eigenvalue weighted by molar-refractivity contribution is 5.95. The number of rotatable bonds is 5. The SMILES string of the molecule is NC(CCC(=O)O)C(=O)Nc1c(F)c(F)cc(F)c1F. The molecule has 0 aromatic heterocycles. The number of halogens is 4. The Morgan fingerprint density at radius 3 is 2.15 bits per heavy atom. The van der Waals surface area contributed by atoms with Crippen LogP contribution in [0.15, 0.2) is 6.07 Å². The number of amides is 1. The molecule has 1 amide bonds. The van der Waals surface area contributed by atoms with E-state index < -0.39 is 53.3 Å². The highest BCUT2D eigenvalue weighted by Crippen LogP contribution is 2.24. The van der Waals surface area contributed by atoms with Gasteiger partial charge in [-0.15, -0.1) is 0 Å². The van der Waals surface area contributed by atoms with Gasteiger partial charge in [0.1, 0.15) is 5.69 Å². The molecule has 110 valence electrons. The van der Waals surface area contributed by atoms with Crippen LogP contribution in [0, 0.1) is 23.3 Å². The summed E-state index contributed by atoms with van der Waals surface area (Å²) >= 11 is 0. The number of hydrogen-bond acceptors (Lipinski definition) is 3. The van der Waals surface area contributed by atoms with Crippen molar-refractivity contribution in [3.63, 3.8) is 0 Å². The van der Waals surface area contributed by atoms with Crippen LogP contribution in [0.25, 0.3) is 0 Å². The number of carboxylic acids is 1. The van der Waals surface area contributed by atoms with E-state index in [0.717, 1.165) is 0 Å². The maximum atomic E-state index is 13.2. The number of anilines is 1. The Bertz CT molecular complexity index is 525. The van der Waals surface area contributed by atoms with Gasteiger partial charge in [-0.05, 0) is 6.42 Å². The molecule has 4 N–H and O–H groups in total. The summed E-state index contributed by atoms with van der Waals surface area (Å²) in [5, 5.41) is 9.99. The number of carbonyl (C=O) groups is 2. The lowest BCUT2D eigenvalue weighted by molar-refractivity contribution is -0.137. The number of aliphatic carboxylic acids is 1. The molecule has 0 aliphatic carbocycles. The van der Waals surface area contributed by atoms with Gasteiger partial charge >= 0.3 is 5.97 Å². The molecule has 1 unspecified atom stereocenters. The number of hydrogen-bond donors (Lipinski definition) is 3. The predicted molar refractivity (Wildman–Crippen MR) is 59.7 cm³/mol. The number of nitrogens with two attached hydrogens (primary N) is 1. The van der Waals surface area contributed by atoms with Gasteiger partial charge in [0.05, 0.1) is 6.04 Å². The van der Waals surface area contributed by atoms with E-state index in [4.69, 9.17) is 10.8 Å². The minimum absolute atomic E-state index is 0.00925. The fourth-order valence-electron chi connectivity index (χ4n) is 1.31. The van der Waals surface area contributed by atoms with E-state index in [1.54, 1.807) is 5.32 Å². The van der Waals surface area contributed by atoms with Gasteiger partial charge in [-0.1, -0.05) is 0 Å². The molecule has 0 saturated carbocycles. The first-order chi connectivity index (χ1) is 9.23. The Hall–Kier alpha value is -2.16. The molecule has 1 atom stereocenters. The van der Waals surface area contributed by atoms with E-state index in [1.807, 2.05) is 0 Å². The molecule has 0 heterocycles. The summed E-state index contributed by atoms with van der Waals surface area (Å²) in [4.78, 5) is 21.7. The average molecular weight is 294 g/mol. The number of carboxylic acid groups (broad SMARTS) is 1. The minimum Gasteiger partial charge on any atom is -0.481 e. The molecule has 0 aliphatic heterocycles. The van der Waals surface area contributed by atoms with Crippen LogP contribution in [0.3, 0.4) is 0 Å². The average Bonchev–Trinajstić information content (AvgIpc) is 2.38. The van der Waals surface area contributed by atoms with Crippen molar-refractivity contribution in [3.8, 4) is 0 Å². The minimum atomic E-state index is -1.78. The highest BCUT2D eigenvalue weighted by Gasteiger charge is 2.23.